The van der Waals surface area contributed by atoms with E-state index in [1.54, 1.807) is 36.7 Å². The van der Waals surface area contributed by atoms with Crippen LogP contribution in [0.3, 0.4) is 0 Å². The second-order valence-electron chi connectivity index (χ2n) is 10.3. The number of nitrogens with zero attached hydrogens (tertiary/aromatic N) is 6. The molecule has 246 valence electrons. The van der Waals surface area contributed by atoms with Gasteiger partial charge in [0.15, 0.2) is 9.09 Å². The largest absolute Gasteiger partial charge is 1.00 e. The van der Waals surface area contributed by atoms with Gasteiger partial charge in [-0.25, -0.2) is 19.9 Å². The van der Waals surface area contributed by atoms with Gasteiger partial charge < -0.3 is 45.4 Å². The molecule has 5 aromatic heterocycles. The molecule has 3 N–H and O–H groups in total. The smallest absolute Gasteiger partial charge is 0.433 e. The summed E-state index contributed by atoms with van der Waals surface area (Å²) in [6.07, 6.45) is 11.6. The first-order valence-corrected chi connectivity index (χ1v) is 18.6. The van der Waals surface area contributed by atoms with Gasteiger partial charge >= 0.3 is 51.4 Å². The van der Waals surface area contributed by atoms with Gasteiger partial charge in [0.1, 0.15) is 21.0 Å². The van der Waals surface area contributed by atoms with E-state index in [-0.39, 0.29) is 51.4 Å². The summed E-state index contributed by atoms with van der Waals surface area (Å²) in [6, 6.07) is 5.99. The maximum Gasteiger partial charge on any atom is 1.00 e. The predicted molar refractivity (Wildman–Crippen MR) is 207 cm³/mol. The molecule has 8 nitrogen and oxygen atoms in total. The molecular formula is C29H31Cl4KN8S5. The number of thiazole rings is 2. The number of hydrogen-bond donors (Lipinski definition) is 2. The van der Waals surface area contributed by atoms with E-state index >= 15 is 0 Å². The van der Waals surface area contributed by atoms with Crippen LogP contribution >= 0.6 is 93.5 Å². The summed E-state index contributed by atoms with van der Waals surface area (Å²) in [5.41, 5.74) is 7.69. The third kappa shape index (κ3) is 13.6. The number of rotatable bonds is 2. The molecule has 2 aliphatic rings. The van der Waals surface area contributed by atoms with E-state index in [4.69, 9.17) is 69.3 Å². The first-order chi connectivity index (χ1) is 22.0. The number of aromatic amines is 1. The average molecular weight is 833 g/mol. The van der Waals surface area contributed by atoms with Crippen molar-refractivity contribution in [1.29, 1.82) is 0 Å². The van der Waals surface area contributed by atoms with Crippen LogP contribution in [0.5, 0.6) is 0 Å². The predicted octanol–water partition coefficient (Wildman–Crippen LogP) is 6.66. The van der Waals surface area contributed by atoms with Crippen LogP contribution < -0.4 is 62.0 Å². The fourth-order valence-electron chi connectivity index (χ4n) is 4.88. The Morgan fingerprint density at radius 2 is 1.47 bits per heavy atom. The number of H-pyrrole nitrogens is 1. The van der Waals surface area contributed by atoms with Gasteiger partial charge in [0.2, 0.25) is 0 Å². The molecule has 0 aromatic carbocycles. The number of nitrogens with one attached hydrogen (secondary N) is 1. The number of pyridine rings is 3. The molecule has 0 radical (unpaired) electrons. The van der Waals surface area contributed by atoms with Crippen molar-refractivity contribution in [2.75, 3.05) is 36.8 Å². The minimum absolute atomic E-state index is 0. The van der Waals surface area contributed by atoms with Crippen molar-refractivity contribution < 1.29 is 51.4 Å². The molecular weight excluding hydrogens is 802 g/mol. The number of fused-ring (bicyclic) bond motifs is 2. The van der Waals surface area contributed by atoms with E-state index in [2.05, 4.69) is 54.6 Å². The number of nitrogen functional groups attached to an aromatic ring is 1. The summed E-state index contributed by atoms with van der Waals surface area (Å²) in [5, 5.41) is 2.97. The molecule has 5 aromatic rings. The first kappa shape index (κ1) is 41.5. The van der Waals surface area contributed by atoms with Crippen molar-refractivity contribution in [3.8, 4) is 0 Å². The minimum atomic E-state index is 0. The Morgan fingerprint density at radius 3 is 2.09 bits per heavy atom. The molecule has 0 spiro atoms. The Morgan fingerprint density at radius 1 is 0.894 bits per heavy atom. The number of hydrogen-bond acceptors (Lipinski definition) is 12. The summed E-state index contributed by atoms with van der Waals surface area (Å²) < 4.78 is 3.52. The van der Waals surface area contributed by atoms with E-state index in [9.17, 15) is 0 Å². The van der Waals surface area contributed by atoms with Crippen LogP contribution in [0.4, 0.5) is 10.8 Å². The number of likely N-dealkylation sites (tertiary alicyclic amines) is 1. The standard InChI is InChI=1S/C16H21ClN4S.C6H3ClN2S2.C5H4Cl2N2.C2H4S2.K/c17-15-10-14-13(11-18-15)19-16(22-14)21-8-4-12(5-9-21)20-6-2-1-3-7-20;7-5-1-4-3(2-8-5)9-6(10)11-4;6-3-1-5(7)9-2-4(3)8;1-2(3)4;/h10-12H,1-9H2;1-2H,(H,9,10);1-2H,8H2;1H3,(H,3,4);/q;;;;+1/p-1. The van der Waals surface area contributed by atoms with Crippen molar-refractivity contribution in [3.63, 3.8) is 0 Å². The molecule has 0 saturated carbocycles. The zero-order valence-corrected chi connectivity index (χ0v) is 35.9. The molecule has 0 amide bonds. The monoisotopic (exact) mass is 830 g/mol. The number of aromatic nitrogens is 5. The molecule has 2 aliphatic heterocycles. The van der Waals surface area contributed by atoms with E-state index in [0.717, 1.165) is 48.7 Å². The Hall–Kier alpha value is 0.116. The maximum atomic E-state index is 5.97. The van der Waals surface area contributed by atoms with Gasteiger partial charge in [0.25, 0.3) is 0 Å². The van der Waals surface area contributed by atoms with Gasteiger partial charge in [0, 0.05) is 19.1 Å². The normalized spacial score (nSPS) is 15.0. The van der Waals surface area contributed by atoms with Crippen LogP contribution in [0.25, 0.3) is 20.4 Å². The van der Waals surface area contributed by atoms with Gasteiger partial charge in [-0.15, -0.1) is 11.3 Å². The zero-order chi connectivity index (χ0) is 33.2. The van der Waals surface area contributed by atoms with Gasteiger partial charge in [-0.3, -0.25) is 0 Å². The van der Waals surface area contributed by atoms with Crippen molar-refractivity contribution in [2.45, 2.75) is 45.1 Å². The molecule has 0 aliphatic carbocycles. The maximum absolute atomic E-state index is 5.97. The topological polar surface area (TPSA) is 99.9 Å². The number of halogens is 4. The molecule has 7 heterocycles. The number of piperidine rings is 2. The Labute approximate surface area is 361 Å². The molecule has 18 heteroatoms. The fraction of sp³-hybridized carbons (Fsp3) is 0.379. The number of nitrogens with two attached hydrogens (primary N) is 1. The van der Waals surface area contributed by atoms with Crippen LogP contribution in [-0.4, -0.2) is 66.2 Å². The van der Waals surface area contributed by atoms with Crippen molar-refractivity contribution in [2.24, 2.45) is 0 Å². The van der Waals surface area contributed by atoms with E-state index in [1.807, 2.05) is 6.07 Å². The number of thiocarbonyl (C=S) groups is 1. The SMILES string of the molecule is CC(=S)[S-].Clc1cc2sc(N3CCC(N4CCCCC4)CC3)nc2cn1.Nc1cnc(Cl)cc1Cl.S=c1[nH]c2cnc(Cl)cc2s1.[K+]. The first-order valence-electron chi connectivity index (χ1n) is 14.3. The van der Waals surface area contributed by atoms with Crippen LogP contribution in [0.15, 0.2) is 36.8 Å². The number of anilines is 2. The molecule has 7 rings (SSSR count). The van der Waals surface area contributed by atoms with Crippen molar-refractivity contribution in [3.05, 3.63) is 61.2 Å². The van der Waals surface area contributed by atoms with Crippen LogP contribution in [0.1, 0.15) is 39.0 Å². The molecule has 0 unspecified atom stereocenters. The molecule has 2 fully saturated rings. The molecule has 0 bridgehead atoms. The second kappa shape index (κ2) is 20.8. The van der Waals surface area contributed by atoms with E-state index in [1.165, 1.54) is 68.8 Å². The third-order valence-corrected chi connectivity index (χ3v) is 10.2. The molecule has 47 heavy (non-hydrogen) atoms. The summed E-state index contributed by atoms with van der Waals surface area (Å²) in [6.45, 7) is 6.54. The van der Waals surface area contributed by atoms with Crippen LogP contribution in [0.2, 0.25) is 20.5 Å². The van der Waals surface area contributed by atoms with Gasteiger partial charge in [-0.2, -0.15) is 4.20 Å². The van der Waals surface area contributed by atoms with Crippen LogP contribution in [-0.2, 0) is 12.6 Å². The van der Waals surface area contributed by atoms with Gasteiger partial charge in [-0.1, -0.05) is 71.1 Å². The quantitative estimate of drug-likeness (QED) is 0.0870. The van der Waals surface area contributed by atoms with E-state index < -0.39 is 0 Å². The average Bonchev–Trinajstić information content (AvgIpc) is 3.62. The molecule has 0 atom stereocenters. The Kier molecular flexibility index (Phi) is 18.4. The third-order valence-electron chi connectivity index (χ3n) is 6.99. The second-order valence-corrected chi connectivity index (χ2v) is 16.1. The fourth-order valence-corrected chi connectivity index (χ4v) is 7.84. The summed E-state index contributed by atoms with van der Waals surface area (Å²) in [5.74, 6) is 0. The summed E-state index contributed by atoms with van der Waals surface area (Å²) >= 11 is 39.6. The molecule has 2 saturated heterocycles. The van der Waals surface area contributed by atoms with Gasteiger partial charge in [0.05, 0.1) is 44.2 Å². The minimum Gasteiger partial charge on any atom is -0.433 e. The van der Waals surface area contributed by atoms with Crippen molar-refractivity contribution in [1.82, 2.24) is 29.8 Å². The summed E-state index contributed by atoms with van der Waals surface area (Å²) in [4.78, 5) is 24.6. The zero-order valence-electron chi connectivity index (χ0n) is 25.7. The summed E-state index contributed by atoms with van der Waals surface area (Å²) in [7, 11) is 0. The Bertz CT molecular complexity index is 1800. The van der Waals surface area contributed by atoms with Crippen LogP contribution in [0, 0.1) is 3.95 Å². The van der Waals surface area contributed by atoms with E-state index in [0.29, 0.717) is 30.4 Å². The Balaban J connectivity index is 0.000000201. The van der Waals surface area contributed by atoms with Gasteiger partial charge in [-0.05, 0) is 69.2 Å². The van der Waals surface area contributed by atoms with Crippen molar-refractivity contribution >= 4 is 142 Å².